The molecule has 0 aliphatic rings. The molecule has 8 heteroatoms. The highest BCUT2D eigenvalue weighted by atomic mass is 35.5. The van der Waals surface area contributed by atoms with Crippen LogP contribution in [0, 0.1) is 0 Å². The first-order valence-corrected chi connectivity index (χ1v) is 7.25. The van der Waals surface area contributed by atoms with E-state index in [-0.39, 0.29) is 23.2 Å². The van der Waals surface area contributed by atoms with E-state index in [0.717, 1.165) is 0 Å². The molecule has 0 saturated carbocycles. The number of ether oxygens (including phenoxy) is 1. The van der Waals surface area contributed by atoms with E-state index in [4.69, 9.17) is 32.5 Å². The Balaban J connectivity index is 1.68. The predicted molar refractivity (Wildman–Crippen MR) is 83.1 cm³/mol. The van der Waals surface area contributed by atoms with E-state index in [1.807, 2.05) is 0 Å². The number of aromatic nitrogens is 3. The minimum Gasteiger partial charge on any atom is -0.452 e. The Morgan fingerprint density at radius 2 is 2.09 bits per heavy atom. The van der Waals surface area contributed by atoms with E-state index in [9.17, 15) is 4.79 Å². The van der Waals surface area contributed by atoms with Gasteiger partial charge < -0.3 is 9.26 Å². The molecule has 0 unspecified atom stereocenters. The lowest BCUT2D eigenvalue weighted by Gasteiger charge is -2.02. The van der Waals surface area contributed by atoms with Gasteiger partial charge in [0.2, 0.25) is 5.82 Å². The maximum atomic E-state index is 11.9. The molecule has 2 heterocycles. The second-order valence-electron chi connectivity index (χ2n) is 4.44. The van der Waals surface area contributed by atoms with Crippen molar-refractivity contribution in [1.82, 2.24) is 15.1 Å². The molecular weight excluding hydrogens is 341 g/mol. The molecule has 0 fully saturated rings. The van der Waals surface area contributed by atoms with Crippen LogP contribution in [0.2, 0.25) is 10.2 Å². The number of rotatable bonds is 4. The van der Waals surface area contributed by atoms with Crippen LogP contribution in [0.25, 0.3) is 11.4 Å². The fourth-order valence-electron chi connectivity index (χ4n) is 1.80. The maximum absolute atomic E-state index is 11.9. The second kappa shape index (κ2) is 6.76. The number of nitrogens with zero attached hydrogens (tertiary/aromatic N) is 3. The molecule has 0 atom stereocenters. The minimum absolute atomic E-state index is 0.0719. The Morgan fingerprint density at radius 3 is 2.87 bits per heavy atom. The molecular formula is C15H9Cl2N3O3. The molecule has 0 aliphatic carbocycles. The van der Waals surface area contributed by atoms with Gasteiger partial charge in [-0.25, -0.2) is 9.78 Å². The molecule has 0 aliphatic heterocycles. The fourth-order valence-corrected chi connectivity index (χ4v) is 2.19. The first kappa shape index (κ1) is 15.5. The van der Waals surface area contributed by atoms with Gasteiger partial charge in [0.25, 0.3) is 5.89 Å². The largest absolute Gasteiger partial charge is 0.452 e. The molecule has 1 aromatic carbocycles. The SMILES string of the molecule is O=C(OCc1nc(-c2cccc(Cl)c2)no1)c1cccnc1Cl. The summed E-state index contributed by atoms with van der Waals surface area (Å²) in [6.07, 6.45) is 1.48. The first-order valence-electron chi connectivity index (χ1n) is 6.49. The first-order chi connectivity index (χ1) is 11.1. The van der Waals surface area contributed by atoms with Crippen LogP contribution < -0.4 is 0 Å². The summed E-state index contributed by atoms with van der Waals surface area (Å²) in [6, 6.07) is 10.1. The van der Waals surface area contributed by atoms with Crippen molar-refractivity contribution in [3.63, 3.8) is 0 Å². The molecule has 2 aromatic heterocycles. The fraction of sp³-hybridized carbons (Fsp3) is 0.0667. The van der Waals surface area contributed by atoms with Crippen molar-refractivity contribution in [2.45, 2.75) is 6.61 Å². The number of carbonyl (C=O) groups is 1. The van der Waals surface area contributed by atoms with Gasteiger partial charge in [0.1, 0.15) is 5.15 Å². The summed E-state index contributed by atoms with van der Waals surface area (Å²) in [7, 11) is 0. The van der Waals surface area contributed by atoms with Gasteiger partial charge in [-0.05, 0) is 24.3 Å². The van der Waals surface area contributed by atoms with Crippen molar-refractivity contribution < 1.29 is 14.1 Å². The molecule has 0 N–H and O–H groups in total. The van der Waals surface area contributed by atoms with Gasteiger partial charge in [0.15, 0.2) is 6.61 Å². The molecule has 0 bridgehead atoms. The van der Waals surface area contributed by atoms with E-state index in [0.29, 0.717) is 16.4 Å². The van der Waals surface area contributed by atoms with E-state index in [2.05, 4.69) is 15.1 Å². The number of carbonyl (C=O) groups excluding carboxylic acids is 1. The highest BCUT2D eigenvalue weighted by Gasteiger charge is 2.15. The number of halogens is 2. The van der Waals surface area contributed by atoms with Gasteiger partial charge in [0.05, 0.1) is 5.56 Å². The molecule has 0 radical (unpaired) electrons. The van der Waals surface area contributed by atoms with Gasteiger partial charge in [-0.1, -0.05) is 40.5 Å². The Kier molecular flexibility index (Phi) is 4.55. The van der Waals surface area contributed by atoms with E-state index in [1.54, 1.807) is 30.3 Å². The summed E-state index contributed by atoms with van der Waals surface area (Å²) in [5.74, 6) is -0.100. The molecule has 23 heavy (non-hydrogen) atoms. The average molecular weight is 350 g/mol. The Labute approximate surface area is 141 Å². The lowest BCUT2D eigenvalue weighted by atomic mass is 10.2. The Morgan fingerprint density at radius 1 is 1.22 bits per heavy atom. The number of pyridine rings is 1. The molecule has 3 aromatic rings. The predicted octanol–water partition coefficient (Wildman–Crippen LogP) is 3.80. The number of benzene rings is 1. The smallest absolute Gasteiger partial charge is 0.341 e. The average Bonchev–Trinajstić information content (AvgIpc) is 3.02. The number of hydrogen-bond donors (Lipinski definition) is 0. The van der Waals surface area contributed by atoms with Gasteiger partial charge in [-0.2, -0.15) is 4.98 Å². The van der Waals surface area contributed by atoms with E-state index in [1.165, 1.54) is 12.3 Å². The van der Waals surface area contributed by atoms with Crippen LogP contribution in [-0.2, 0) is 11.3 Å². The quantitative estimate of drug-likeness (QED) is 0.526. The highest BCUT2D eigenvalue weighted by Crippen LogP contribution is 2.20. The summed E-state index contributed by atoms with van der Waals surface area (Å²) in [5, 5.41) is 4.45. The van der Waals surface area contributed by atoms with Crippen LogP contribution in [0.5, 0.6) is 0 Å². The van der Waals surface area contributed by atoms with Crippen LogP contribution in [0.1, 0.15) is 16.2 Å². The van der Waals surface area contributed by atoms with Crippen LogP contribution in [0.4, 0.5) is 0 Å². The van der Waals surface area contributed by atoms with Crippen molar-refractivity contribution in [1.29, 1.82) is 0 Å². The summed E-state index contributed by atoms with van der Waals surface area (Å²) >= 11 is 11.7. The van der Waals surface area contributed by atoms with Gasteiger partial charge in [-0.15, -0.1) is 0 Å². The van der Waals surface area contributed by atoms with E-state index >= 15 is 0 Å². The minimum atomic E-state index is -0.620. The van der Waals surface area contributed by atoms with Crippen molar-refractivity contribution in [3.05, 3.63) is 64.2 Å². The highest BCUT2D eigenvalue weighted by molar-refractivity contribution is 6.32. The Bertz CT molecular complexity index is 851. The standard InChI is InChI=1S/C15H9Cl2N3O3/c16-10-4-1-3-9(7-10)14-19-12(23-20-14)8-22-15(21)11-5-2-6-18-13(11)17/h1-7H,8H2. The lowest BCUT2D eigenvalue weighted by molar-refractivity contribution is 0.0429. The van der Waals surface area contributed by atoms with Crippen molar-refractivity contribution in [3.8, 4) is 11.4 Å². The normalized spacial score (nSPS) is 10.5. The summed E-state index contributed by atoms with van der Waals surface area (Å²) < 4.78 is 10.1. The van der Waals surface area contributed by atoms with Crippen molar-refractivity contribution in [2.75, 3.05) is 0 Å². The zero-order chi connectivity index (χ0) is 16.2. The van der Waals surface area contributed by atoms with Crippen molar-refractivity contribution >= 4 is 29.2 Å². The monoisotopic (exact) mass is 349 g/mol. The second-order valence-corrected chi connectivity index (χ2v) is 5.23. The Hall–Kier alpha value is -2.44. The number of hydrogen-bond acceptors (Lipinski definition) is 6. The van der Waals surface area contributed by atoms with Crippen molar-refractivity contribution in [2.24, 2.45) is 0 Å². The summed E-state index contributed by atoms with van der Waals surface area (Å²) in [6.45, 7) is -0.169. The van der Waals surface area contributed by atoms with E-state index < -0.39 is 5.97 Å². The molecule has 6 nitrogen and oxygen atoms in total. The molecule has 0 amide bonds. The third-order valence-electron chi connectivity index (χ3n) is 2.86. The zero-order valence-corrected chi connectivity index (χ0v) is 13.1. The molecule has 3 rings (SSSR count). The van der Waals surface area contributed by atoms with Gasteiger partial charge in [-0.3, -0.25) is 0 Å². The van der Waals surface area contributed by atoms with Crippen LogP contribution in [0.15, 0.2) is 47.1 Å². The van der Waals surface area contributed by atoms with Crippen LogP contribution >= 0.6 is 23.2 Å². The summed E-state index contributed by atoms with van der Waals surface area (Å²) in [4.78, 5) is 19.9. The topological polar surface area (TPSA) is 78.1 Å². The summed E-state index contributed by atoms with van der Waals surface area (Å²) in [5.41, 5.74) is 0.873. The maximum Gasteiger partial charge on any atom is 0.341 e. The van der Waals surface area contributed by atoms with Gasteiger partial charge >= 0.3 is 5.97 Å². The number of esters is 1. The molecule has 116 valence electrons. The van der Waals surface area contributed by atoms with Crippen LogP contribution in [0.3, 0.4) is 0 Å². The zero-order valence-electron chi connectivity index (χ0n) is 11.6. The molecule has 0 saturated heterocycles. The molecule has 0 spiro atoms. The lowest BCUT2D eigenvalue weighted by Crippen LogP contribution is -2.06. The van der Waals surface area contributed by atoms with Crippen LogP contribution in [-0.4, -0.2) is 21.1 Å². The third-order valence-corrected chi connectivity index (χ3v) is 3.39. The third kappa shape index (κ3) is 3.67. The van der Waals surface area contributed by atoms with Gasteiger partial charge in [0, 0.05) is 16.8 Å².